The summed E-state index contributed by atoms with van der Waals surface area (Å²) in [6, 6.07) is 17.5. The first-order valence-corrected chi connectivity index (χ1v) is 11.4. The summed E-state index contributed by atoms with van der Waals surface area (Å²) < 4.78 is 7.54. The van der Waals surface area contributed by atoms with Crippen LogP contribution in [-0.2, 0) is 0 Å². The molecule has 0 aliphatic carbocycles. The largest absolute Gasteiger partial charge is 0.494 e. The van der Waals surface area contributed by atoms with E-state index in [1.54, 1.807) is 12.4 Å². The van der Waals surface area contributed by atoms with Crippen molar-refractivity contribution in [2.75, 3.05) is 12.4 Å². The van der Waals surface area contributed by atoms with E-state index in [9.17, 15) is 4.79 Å². The second-order valence-electron chi connectivity index (χ2n) is 7.33. The van der Waals surface area contributed by atoms with E-state index in [0.29, 0.717) is 17.6 Å². The Morgan fingerprint density at radius 1 is 1.00 bits per heavy atom. The van der Waals surface area contributed by atoms with E-state index in [0.717, 1.165) is 33.7 Å². The molecule has 32 heavy (non-hydrogen) atoms. The predicted octanol–water partition coefficient (Wildman–Crippen LogP) is 5.32. The maximum Gasteiger partial charge on any atom is 0.196 e. The Morgan fingerprint density at radius 3 is 2.44 bits per heavy atom. The van der Waals surface area contributed by atoms with E-state index in [2.05, 4.69) is 15.2 Å². The molecule has 0 aliphatic heterocycles. The van der Waals surface area contributed by atoms with Gasteiger partial charge in [0.15, 0.2) is 16.8 Å². The molecule has 0 spiro atoms. The number of rotatable bonds is 8. The molecule has 0 saturated carbocycles. The molecular weight excluding hydrogens is 420 g/mol. The van der Waals surface area contributed by atoms with Crippen molar-refractivity contribution in [1.29, 1.82) is 0 Å². The lowest BCUT2D eigenvalue weighted by Gasteiger charge is -2.11. The summed E-state index contributed by atoms with van der Waals surface area (Å²) in [5.74, 6) is 1.83. The Balaban J connectivity index is 1.66. The van der Waals surface area contributed by atoms with Crippen molar-refractivity contribution in [3.05, 3.63) is 83.7 Å². The van der Waals surface area contributed by atoms with E-state index >= 15 is 0 Å². The lowest BCUT2D eigenvalue weighted by Crippen LogP contribution is -2.07. The van der Waals surface area contributed by atoms with Crippen LogP contribution in [0.15, 0.2) is 72.1 Å². The third kappa shape index (κ3) is 4.73. The number of hydrogen-bond acceptors (Lipinski definition) is 6. The summed E-state index contributed by atoms with van der Waals surface area (Å²) in [6.45, 7) is 6.55. The van der Waals surface area contributed by atoms with Gasteiger partial charge in [-0.2, -0.15) is 0 Å². The van der Waals surface area contributed by atoms with Crippen LogP contribution in [0.4, 0.5) is 0 Å². The minimum Gasteiger partial charge on any atom is -0.494 e. The van der Waals surface area contributed by atoms with Crippen molar-refractivity contribution < 1.29 is 9.53 Å². The molecule has 0 aliphatic rings. The molecule has 7 heteroatoms. The monoisotopic (exact) mass is 444 g/mol. The number of Topliss-reactive ketones (excluding diaryl/α,β-unsaturated/α-hetero) is 1. The van der Waals surface area contributed by atoms with Gasteiger partial charge in [0.1, 0.15) is 5.75 Å². The summed E-state index contributed by atoms with van der Waals surface area (Å²) in [4.78, 5) is 17.0. The topological polar surface area (TPSA) is 69.9 Å². The maximum atomic E-state index is 12.9. The number of ketones is 1. The summed E-state index contributed by atoms with van der Waals surface area (Å²) in [6.07, 6.45) is 3.45. The molecule has 0 fully saturated rings. The van der Waals surface area contributed by atoms with Crippen LogP contribution >= 0.6 is 11.8 Å². The number of ether oxygens (including phenoxy) is 1. The molecule has 6 nitrogen and oxygen atoms in total. The number of nitrogens with zero attached hydrogens (tertiary/aromatic N) is 4. The molecule has 0 saturated heterocycles. The van der Waals surface area contributed by atoms with Gasteiger partial charge in [0, 0.05) is 29.2 Å². The number of hydrogen-bond donors (Lipinski definition) is 0. The highest BCUT2D eigenvalue weighted by Gasteiger charge is 2.18. The molecule has 2 aromatic heterocycles. The number of aromatic nitrogens is 4. The average molecular weight is 445 g/mol. The normalized spacial score (nSPS) is 10.8. The zero-order chi connectivity index (χ0) is 22.5. The van der Waals surface area contributed by atoms with Crippen LogP contribution in [0.25, 0.3) is 17.1 Å². The summed E-state index contributed by atoms with van der Waals surface area (Å²) in [7, 11) is 0. The maximum absolute atomic E-state index is 12.9. The van der Waals surface area contributed by atoms with Crippen LogP contribution in [0.1, 0.15) is 28.4 Å². The first-order valence-electron chi connectivity index (χ1n) is 10.4. The van der Waals surface area contributed by atoms with Crippen molar-refractivity contribution >= 4 is 17.5 Å². The highest BCUT2D eigenvalue weighted by molar-refractivity contribution is 7.99. The first kappa shape index (κ1) is 21.8. The fourth-order valence-electron chi connectivity index (χ4n) is 3.48. The number of carbonyl (C=O) groups excluding carboxylic acids is 1. The van der Waals surface area contributed by atoms with Gasteiger partial charge in [-0.3, -0.25) is 14.3 Å². The highest BCUT2D eigenvalue weighted by atomic mass is 32.2. The van der Waals surface area contributed by atoms with Crippen LogP contribution in [0.3, 0.4) is 0 Å². The van der Waals surface area contributed by atoms with Gasteiger partial charge in [-0.05, 0) is 62.7 Å². The third-order valence-corrected chi connectivity index (χ3v) is 5.92. The first-order chi connectivity index (χ1) is 15.6. The number of thioether (sulfide) groups is 1. The van der Waals surface area contributed by atoms with Gasteiger partial charge in [-0.1, -0.05) is 35.5 Å². The van der Waals surface area contributed by atoms with E-state index in [1.165, 1.54) is 11.8 Å². The third-order valence-electron chi connectivity index (χ3n) is 4.99. The van der Waals surface area contributed by atoms with Crippen molar-refractivity contribution in [2.24, 2.45) is 0 Å². The Morgan fingerprint density at radius 2 is 1.75 bits per heavy atom. The van der Waals surface area contributed by atoms with Gasteiger partial charge in [-0.25, -0.2) is 0 Å². The molecule has 0 atom stereocenters. The quantitative estimate of drug-likeness (QED) is 0.271. The van der Waals surface area contributed by atoms with Crippen molar-refractivity contribution in [2.45, 2.75) is 25.9 Å². The molecule has 0 N–H and O–H groups in total. The van der Waals surface area contributed by atoms with Gasteiger partial charge in [0.25, 0.3) is 0 Å². The highest BCUT2D eigenvalue weighted by Crippen LogP contribution is 2.29. The summed E-state index contributed by atoms with van der Waals surface area (Å²) in [5.41, 5.74) is 4.66. The summed E-state index contributed by atoms with van der Waals surface area (Å²) in [5, 5.41) is 9.48. The molecule has 2 aromatic carbocycles. The molecule has 4 rings (SSSR count). The van der Waals surface area contributed by atoms with Crippen LogP contribution in [-0.4, -0.2) is 37.9 Å². The number of benzene rings is 2. The van der Waals surface area contributed by atoms with E-state index in [4.69, 9.17) is 4.74 Å². The van der Waals surface area contributed by atoms with E-state index in [-0.39, 0.29) is 11.5 Å². The minimum atomic E-state index is 0.0687. The second kappa shape index (κ2) is 9.78. The fraction of sp³-hybridized carbons (Fsp3) is 0.200. The molecule has 0 amide bonds. The second-order valence-corrected chi connectivity index (χ2v) is 8.28. The molecule has 162 valence electrons. The molecule has 0 radical (unpaired) electrons. The van der Waals surface area contributed by atoms with Crippen LogP contribution in [0.5, 0.6) is 5.75 Å². The Bertz CT molecular complexity index is 1220. The predicted molar refractivity (Wildman–Crippen MR) is 127 cm³/mol. The fourth-order valence-corrected chi connectivity index (χ4v) is 4.31. The smallest absolute Gasteiger partial charge is 0.196 e. The van der Waals surface area contributed by atoms with Gasteiger partial charge in [0.2, 0.25) is 0 Å². The van der Waals surface area contributed by atoms with E-state index < -0.39 is 0 Å². The van der Waals surface area contributed by atoms with Crippen LogP contribution in [0.2, 0.25) is 0 Å². The van der Waals surface area contributed by atoms with Gasteiger partial charge >= 0.3 is 0 Å². The lowest BCUT2D eigenvalue weighted by atomic mass is 10.0. The number of carbonyl (C=O) groups is 1. The minimum absolute atomic E-state index is 0.0687. The van der Waals surface area contributed by atoms with Crippen molar-refractivity contribution in [3.8, 4) is 22.8 Å². The molecule has 0 bridgehead atoms. The zero-order valence-corrected chi connectivity index (χ0v) is 19.1. The number of pyridine rings is 1. The van der Waals surface area contributed by atoms with Crippen LogP contribution in [0, 0.1) is 13.8 Å². The molecule has 2 heterocycles. The standard InChI is InChI=1S/C25H24N4O2S/c1-4-31-21-8-6-20(7-9-21)29-24(19-11-13-26-14-12-19)27-28-25(29)32-16-23(30)22-10-5-17(2)15-18(22)3/h5-15H,4,16H2,1-3H3. The van der Waals surface area contributed by atoms with Crippen molar-refractivity contribution in [1.82, 2.24) is 19.7 Å². The van der Waals surface area contributed by atoms with Gasteiger partial charge < -0.3 is 4.74 Å². The van der Waals surface area contributed by atoms with E-state index in [1.807, 2.05) is 79.9 Å². The summed E-state index contributed by atoms with van der Waals surface area (Å²) >= 11 is 1.38. The average Bonchev–Trinajstić information content (AvgIpc) is 3.23. The molecule has 4 aromatic rings. The SMILES string of the molecule is CCOc1ccc(-n2c(SCC(=O)c3ccc(C)cc3C)nnc2-c2ccncc2)cc1. The Kier molecular flexibility index (Phi) is 6.66. The van der Waals surface area contributed by atoms with Crippen LogP contribution < -0.4 is 4.74 Å². The molecule has 0 unspecified atom stereocenters. The van der Waals surface area contributed by atoms with Crippen molar-refractivity contribution in [3.63, 3.8) is 0 Å². The zero-order valence-electron chi connectivity index (χ0n) is 18.3. The lowest BCUT2D eigenvalue weighted by molar-refractivity contribution is 0.102. The Hall–Kier alpha value is -3.45. The Labute approximate surface area is 191 Å². The number of aryl methyl sites for hydroxylation is 2. The van der Waals surface area contributed by atoms with Gasteiger partial charge in [0.05, 0.1) is 12.4 Å². The molecular formula is C25H24N4O2S. The van der Waals surface area contributed by atoms with Gasteiger partial charge in [-0.15, -0.1) is 10.2 Å².